The first-order valence-electron chi connectivity index (χ1n) is 8.33. The van der Waals surface area contributed by atoms with Crippen LogP contribution in [0.3, 0.4) is 0 Å². The lowest BCUT2D eigenvalue weighted by atomic mass is 9.82. The average Bonchev–Trinajstić information content (AvgIpc) is 3.08. The second-order valence-corrected chi connectivity index (χ2v) is 6.27. The van der Waals surface area contributed by atoms with Crippen molar-refractivity contribution in [2.24, 2.45) is 0 Å². The van der Waals surface area contributed by atoms with Gasteiger partial charge in [0.25, 0.3) is 0 Å². The smallest absolute Gasteiger partial charge is 0.407 e. The van der Waals surface area contributed by atoms with Gasteiger partial charge in [-0.15, -0.1) is 0 Å². The number of para-hydroxylation sites is 1. The van der Waals surface area contributed by atoms with Gasteiger partial charge in [-0.1, -0.05) is 30.4 Å². The lowest BCUT2D eigenvalue weighted by molar-refractivity contribution is 0.108. The van der Waals surface area contributed by atoms with E-state index in [0.717, 1.165) is 35.4 Å². The van der Waals surface area contributed by atoms with Crippen LogP contribution in [0.2, 0.25) is 0 Å². The molecule has 1 fully saturated rings. The van der Waals surface area contributed by atoms with E-state index in [9.17, 15) is 9.90 Å². The van der Waals surface area contributed by atoms with Crippen molar-refractivity contribution in [1.29, 1.82) is 0 Å². The van der Waals surface area contributed by atoms with Gasteiger partial charge in [0.05, 0.1) is 17.9 Å². The highest BCUT2D eigenvalue weighted by Gasteiger charge is 2.38. The lowest BCUT2D eigenvalue weighted by Gasteiger charge is -2.39. The number of nitrogens with one attached hydrogen (secondary N) is 2. The molecule has 25 heavy (non-hydrogen) atoms. The maximum atomic E-state index is 11.8. The molecule has 2 atom stereocenters. The average molecular weight is 337 g/mol. The van der Waals surface area contributed by atoms with E-state index in [0.29, 0.717) is 6.54 Å². The predicted octanol–water partition coefficient (Wildman–Crippen LogP) is 3.05. The minimum Gasteiger partial charge on any atom is -0.465 e. The summed E-state index contributed by atoms with van der Waals surface area (Å²) in [5.41, 5.74) is 3.80. The molecule has 2 aliphatic rings. The SMILES string of the molecule is O=C(O)N1CCCC(c2cn[nH]n2)C1C1=CNc2ccccc2C=C1. The van der Waals surface area contributed by atoms with Gasteiger partial charge in [0.15, 0.2) is 0 Å². The van der Waals surface area contributed by atoms with E-state index in [-0.39, 0.29) is 12.0 Å². The molecule has 4 rings (SSSR count). The first-order chi connectivity index (χ1) is 12.2. The Morgan fingerprint density at radius 3 is 2.96 bits per heavy atom. The molecule has 0 saturated carbocycles. The number of piperidine rings is 1. The van der Waals surface area contributed by atoms with Crippen LogP contribution in [0.4, 0.5) is 10.5 Å². The summed E-state index contributed by atoms with van der Waals surface area (Å²) >= 11 is 0. The fraction of sp³-hybridized carbons (Fsp3) is 0.278. The highest BCUT2D eigenvalue weighted by molar-refractivity contribution is 5.72. The first-order valence-corrected chi connectivity index (χ1v) is 8.33. The number of rotatable bonds is 2. The Hall–Kier alpha value is -3.09. The molecule has 2 unspecified atom stereocenters. The van der Waals surface area contributed by atoms with Gasteiger partial charge in [0, 0.05) is 24.4 Å². The third-order valence-corrected chi connectivity index (χ3v) is 4.84. The second-order valence-electron chi connectivity index (χ2n) is 6.27. The molecular formula is C18H19N5O2. The molecule has 7 nitrogen and oxygen atoms in total. The van der Waals surface area contributed by atoms with Crippen molar-refractivity contribution in [3.8, 4) is 0 Å². The monoisotopic (exact) mass is 337 g/mol. The topological polar surface area (TPSA) is 94.1 Å². The number of carboxylic acid groups (broad SMARTS) is 1. The van der Waals surface area contributed by atoms with E-state index < -0.39 is 6.09 Å². The number of aromatic amines is 1. The van der Waals surface area contributed by atoms with Crippen molar-refractivity contribution in [2.45, 2.75) is 24.8 Å². The first kappa shape index (κ1) is 15.4. The van der Waals surface area contributed by atoms with Gasteiger partial charge in [-0.3, -0.25) is 0 Å². The summed E-state index contributed by atoms with van der Waals surface area (Å²) < 4.78 is 0. The van der Waals surface area contributed by atoms with Crippen molar-refractivity contribution < 1.29 is 9.90 Å². The fourth-order valence-electron chi connectivity index (χ4n) is 3.67. The minimum atomic E-state index is -0.908. The number of hydrogen-bond donors (Lipinski definition) is 3. The number of benzene rings is 1. The number of carbonyl (C=O) groups is 1. The Balaban J connectivity index is 1.73. The molecule has 0 spiro atoms. The van der Waals surface area contributed by atoms with Crippen LogP contribution in [-0.2, 0) is 0 Å². The maximum Gasteiger partial charge on any atom is 0.407 e. The lowest BCUT2D eigenvalue weighted by Crippen LogP contribution is -2.48. The van der Waals surface area contributed by atoms with Gasteiger partial charge in [-0.2, -0.15) is 15.4 Å². The molecule has 1 saturated heterocycles. The molecule has 0 bridgehead atoms. The third-order valence-electron chi connectivity index (χ3n) is 4.84. The molecule has 0 aliphatic carbocycles. The summed E-state index contributed by atoms with van der Waals surface area (Å²) in [5.74, 6) is -0.0255. The number of aromatic nitrogens is 3. The Morgan fingerprint density at radius 1 is 1.28 bits per heavy atom. The third kappa shape index (κ3) is 2.88. The fourth-order valence-corrected chi connectivity index (χ4v) is 3.67. The Bertz CT molecular complexity index is 828. The zero-order chi connectivity index (χ0) is 17.2. The van der Waals surface area contributed by atoms with Crippen molar-refractivity contribution in [3.63, 3.8) is 0 Å². The molecule has 1 amide bonds. The quantitative estimate of drug-likeness (QED) is 0.783. The number of nitrogens with zero attached hydrogens (tertiary/aromatic N) is 3. The minimum absolute atomic E-state index is 0.0255. The highest BCUT2D eigenvalue weighted by Crippen LogP contribution is 2.37. The zero-order valence-corrected chi connectivity index (χ0v) is 13.6. The standard InChI is InChI=1S/C18H19N5O2/c24-18(25)23-9-3-5-14(16-11-20-22-21-16)17(23)13-8-7-12-4-1-2-6-15(12)19-10-13/h1-2,4,6-8,10-11,14,17,19H,3,5,9H2,(H,24,25)(H,20,21,22). The maximum absolute atomic E-state index is 11.8. The second kappa shape index (κ2) is 6.43. The van der Waals surface area contributed by atoms with Gasteiger partial charge in [0.1, 0.15) is 0 Å². The van der Waals surface area contributed by atoms with Crippen LogP contribution >= 0.6 is 0 Å². The summed E-state index contributed by atoms with van der Waals surface area (Å²) in [7, 11) is 0. The molecule has 1 aromatic carbocycles. The molecule has 3 N–H and O–H groups in total. The van der Waals surface area contributed by atoms with Crippen LogP contribution in [0.15, 0.2) is 48.3 Å². The van der Waals surface area contributed by atoms with Crippen molar-refractivity contribution >= 4 is 17.9 Å². The van der Waals surface area contributed by atoms with Crippen LogP contribution in [0, 0.1) is 0 Å². The Morgan fingerprint density at radius 2 is 2.16 bits per heavy atom. The van der Waals surface area contributed by atoms with E-state index in [1.165, 1.54) is 4.90 Å². The van der Waals surface area contributed by atoms with Gasteiger partial charge >= 0.3 is 6.09 Å². The van der Waals surface area contributed by atoms with Crippen LogP contribution in [0.25, 0.3) is 6.08 Å². The molecule has 0 radical (unpaired) electrons. The molecule has 2 aromatic rings. The van der Waals surface area contributed by atoms with Gasteiger partial charge in [-0.25, -0.2) is 4.79 Å². The number of hydrogen-bond acceptors (Lipinski definition) is 4. The summed E-state index contributed by atoms with van der Waals surface area (Å²) in [4.78, 5) is 13.3. The molecule has 3 heterocycles. The molecular weight excluding hydrogens is 318 g/mol. The van der Waals surface area contributed by atoms with E-state index >= 15 is 0 Å². The normalized spacial score (nSPS) is 22.6. The predicted molar refractivity (Wildman–Crippen MR) is 94.1 cm³/mol. The van der Waals surface area contributed by atoms with Crippen molar-refractivity contribution in [2.75, 3.05) is 11.9 Å². The largest absolute Gasteiger partial charge is 0.465 e. The summed E-state index contributed by atoms with van der Waals surface area (Å²) in [6.07, 6.45) is 8.39. The molecule has 128 valence electrons. The van der Waals surface area contributed by atoms with E-state index in [2.05, 4.69) is 20.7 Å². The molecule has 1 aromatic heterocycles. The van der Waals surface area contributed by atoms with Gasteiger partial charge in [-0.05, 0) is 30.0 Å². The van der Waals surface area contributed by atoms with Crippen LogP contribution in [-0.4, -0.2) is 44.1 Å². The van der Waals surface area contributed by atoms with Gasteiger partial charge < -0.3 is 15.3 Å². The van der Waals surface area contributed by atoms with Gasteiger partial charge in [0.2, 0.25) is 0 Å². The number of anilines is 1. The molecule has 2 aliphatic heterocycles. The number of fused-ring (bicyclic) bond motifs is 1. The van der Waals surface area contributed by atoms with Crippen LogP contribution < -0.4 is 5.32 Å². The number of likely N-dealkylation sites (tertiary alicyclic amines) is 1. The van der Waals surface area contributed by atoms with E-state index in [4.69, 9.17) is 0 Å². The Labute approximate surface area is 145 Å². The van der Waals surface area contributed by atoms with Crippen molar-refractivity contribution in [1.82, 2.24) is 20.3 Å². The zero-order valence-electron chi connectivity index (χ0n) is 13.6. The van der Waals surface area contributed by atoms with Crippen LogP contribution in [0.1, 0.15) is 30.0 Å². The van der Waals surface area contributed by atoms with Crippen LogP contribution in [0.5, 0.6) is 0 Å². The summed E-state index contributed by atoms with van der Waals surface area (Å²) in [6.45, 7) is 0.520. The van der Waals surface area contributed by atoms with Crippen molar-refractivity contribution in [3.05, 3.63) is 59.6 Å². The summed E-state index contributed by atoms with van der Waals surface area (Å²) in [5, 5.41) is 23.8. The number of amides is 1. The summed E-state index contributed by atoms with van der Waals surface area (Å²) in [6, 6.07) is 7.69. The highest BCUT2D eigenvalue weighted by atomic mass is 16.4. The van der Waals surface area contributed by atoms with E-state index in [1.807, 2.05) is 42.6 Å². The Kier molecular flexibility index (Phi) is 3.97. The number of H-pyrrole nitrogens is 1. The molecule has 7 heteroatoms. The van der Waals surface area contributed by atoms with E-state index in [1.54, 1.807) is 6.20 Å².